The smallest absolute Gasteiger partial charge is 0.405 e. The van der Waals surface area contributed by atoms with Crippen LogP contribution in [0.15, 0.2) is 30.5 Å². The molecule has 2 aromatic rings. The first kappa shape index (κ1) is 15.8. The Morgan fingerprint density at radius 2 is 2.14 bits per heavy atom. The van der Waals surface area contributed by atoms with Crippen LogP contribution in [0.3, 0.4) is 0 Å². The fraction of sp³-hybridized carbons (Fsp3) is 0.357. The molecule has 3 N–H and O–H groups in total. The number of aliphatic hydroxyl groups is 1. The zero-order chi connectivity index (χ0) is 15.9. The van der Waals surface area contributed by atoms with Crippen LogP contribution in [0.25, 0.3) is 0 Å². The summed E-state index contributed by atoms with van der Waals surface area (Å²) in [6, 6.07) is 6.85. The molecule has 0 saturated carbocycles. The van der Waals surface area contributed by atoms with Gasteiger partial charge in [-0.2, -0.15) is 15.0 Å². The van der Waals surface area contributed by atoms with E-state index in [9.17, 15) is 4.79 Å². The van der Waals surface area contributed by atoms with Gasteiger partial charge in [-0.25, -0.2) is 4.79 Å². The largest absolute Gasteiger partial charge is 0.497 e. The monoisotopic (exact) mass is 306 g/mol. The van der Waals surface area contributed by atoms with E-state index in [1.165, 1.54) is 11.0 Å². The van der Waals surface area contributed by atoms with Gasteiger partial charge in [0.15, 0.2) is 0 Å². The van der Waals surface area contributed by atoms with Crippen molar-refractivity contribution in [2.45, 2.75) is 19.0 Å². The summed E-state index contributed by atoms with van der Waals surface area (Å²) >= 11 is 0. The highest BCUT2D eigenvalue weighted by Crippen LogP contribution is 2.18. The van der Waals surface area contributed by atoms with Crippen molar-refractivity contribution in [3.05, 3.63) is 41.7 Å². The topological polar surface area (TPSA) is 110 Å². The normalized spacial score (nSPS) is 11.9. The van der Waals surface area contributed by atoms with Crippen LogP contribution in [0.1, 0.15) is 17.3 Å². The maximum atomic E-state index is 11.0. The molecule has 118 valence electrons. The standard InChI is InChI=1S/C14H18N4O4/c1-22-11-4-2-10(3-5-11)8-12(16-14(20)21)13-9-15-18(17-13)6-7-19/h2-5,9,12,16,19H,6-8H2,1H3,(H,20,21)/t12-/m0/s1. The van der Waals surface area contributed by atoms with Gasteiger partial charge in [-0.1, -0.05) is 12.1 Å². The van der Waals surface area contributed by atoms with Crippen LogP contribution in [0.5, 0.6) is 5.75 Å². The zero-order valence-corrected chi connectivity index (χ0v) is 12.1. The van der Waals surface area contributed by atoms with Crippen molar-refractivity contribution < 1.29 is 19.7 Å². The van der Waals surface area contributed by atoms with Gasteiger partial charge >= 0.3 is 6.09 Å². The molecule has 0 saturated heterocycles. The Hall–Kier alpha value is -2.61. The predicted molar refractivity (Wildman–Crippen MR) is 77.7 cm³/mol. The highest BCUT2D eigenvalue weighted by molar-refractivity contribution is 5.65. The van der Waals surface area contributed by atoms with Crippen LogP contribution >= 0.6 is 0 Å². The van der Waals surface area contributed by atoms with Gasteiger partial charge in [0, 0.05) is 0 Å². The lowest BCUT2D eigenvalue weighted by Gasteiger charge is -2.14. The quantitative estimate of drug-likeness (QED) is 0.699. The Balaban J connectivity index is 2.15. The van der Waals surface area contributed by atoms with E-state index >= 15 is 0 Å². The lowest BCUT2D eigenvalue weighted by Crippen LogP contribution is -2.28. The van der Waals surface area contributed by atoms with Gasteiger partial charge in [-0.15, -0.1) is 0 Å². The SMILES string of the molecule is COc1ccc(C[C@H](NC(=O)O)c2cnn(CCO)n2)cc1. The molecule has 1 aromatic heterocycles. The molecular weight excluding hydrogens is 288 g/mol. The number of benzene rings is 1. The van der Waals surface area contributed by atoms with Crippen molar-refractivity contribution in [1.29, 1.82) is 0 Å². The lowest BCUT2D eigenvalue weighted by atomic mass is 10.0. The summed E-state index contributed by atoms with van der Waals surface area (Å²) in [5.74, 6) is 0.736. The van der Waals surface area contributed by atoms with Gasteiger partial charge in [0.2, 0.25) is 0 Å². The fourth-order valence-corrected chi connectivity index (χ4v) is 2.04. The molecule has 8 heteroatoms. The highest BCUT2D eigenvalue weighted by atomic mass is 16.5. The predicted octanol–water partition coefficient (Wildman–Crippen LogP) is 0.830. The van der Waals surface area contributed by atoms with Crippen molar-refractivity contribution in [2.75, 3.05) is 13.7 Å². The van der Waals surface area contributed by atoms with E-state index < -0.39 is 12.1 Å². The Labute approximate surface area is 127 Å². The maximum absolute atomic E-state index is 11.0. The van der Waals surface area contributed by atoms with Crippen LogP contribution in [0.4, 0.5) is 4.79 Å². The van der Waals surface area contributed by atoms with E-state index in [0.717, 1.165) is 11.3 Å². The summed E-state index contributed by atoms with van der Waals surface area (Å²) in [6.07, 6.45) is 0.809. The number of carboxylic acid groups (broad SMARTS) is 1. The maximum Gasteiger partial charge on any atom is 0.405 e. The van der Waals surface area contributed by atoms with Crippen LogP contribution in [0, 0.1) is 0 Å². The van der Waals surface area contributed by atoms with Crippen molar-refractivity contribution in [3.63, 3.8) is 0 Å². The summed E-state index contributed by atoms with van der Waals surface area (Å²) in [4.78, 5) is 12.3. The molecule has 0 aliphatic rings. The van der Waals surface area contributed by atoms with E-state index in [1.54, 1.807) is 7.11 Å². The Morgan fingerprint density at radius 1 is 1.41 bits per heavy atom. The minimum Gasteiger partial charge on any atom is -0.497 e. The third-order valence-corrected chi connectivity index (χ3v) is 3.11. The van der Waals surface area contributed by atoms with Crippen LogP contribution < -0.4 is 10.1 Å². The van der Waals surface area contributed by atoms with Gasteiger partial charge in [0.25, 0.3) is 0 Å². The van der Waals surface area contributed by atoms with Gasteiger partial charge in [0.05, 0.1) is 32.5 Å². The zero-order valence-electron chi connectivity index (χ0n) is 12.1. The Bertz CT molecular complexity index is 612. The summed E-state index contributed by atoms with van der Waals surface area (Å²) in [5, 5.41) is 28.5. The first-order valence-corrected chi connectivity index (χ1v) is 6.75. The molecule has 0 radical (unpaired) electrons. The molecule has 0 aliphatic heterocycles. The molecule has 1 aromatic carbocycles. The number of nitrogens with zero attached hydrogens (tertiary/aromatic N) is 3. The highest BCUT2D eigenvalue weighted by Gasteiger charge is 2.18. The van der Waals surface area contributed by atoms with E-state index in [1.807, 2.05) is 24.3 Å². The number of aromatic nitrogens is 3. The summed E-state index contributed by atoms with van der Waals surface area (Å²) in [6.45, 7) is 0.186. The van der Waals surface area contributed by atoms with E-state index in [4.69, 9.17) is 14.9 Å². The minimum absolute atomic E-state index is 0.0797. The van der Waals surface area contributed by atoms with Crippen LogP contribution in [0.2, 0.25) is 0 Å². The third-order valence-electron chi connectivity index (χ3n) is 3.11. The van der Waals surface area contributed by atoms with Crippen LogP contribution in [-0.4, -0.2) is 45.0 Å². The lowest BCUT2D eigenvalue weighted by molar-refractivity contribution is 0.189. The molecule has 22 heavy (non-hydrogen) atoms. The first-order valence-electron chi connectivity index (χ1n) is 6.75. The number of nitrogens with one attached hydrogen (secondary N) is 1. The molecule has 1 atom stereocenters. The van der Waals surface area contributed by atoms with E-state index in [-0.39, 0.29) is 13.2 Å². The number of aliphatic hydroxyl groups excluding tert-OH is 1. The molecule has 1 heterocycles. The number of methoxy groups -OCH3 is 1. The van der Waals surface area contributed by atoms with Crippen molar-refractivity contribution >= 4 is 6.09 Å². The summed E-state index contributed by atoms with van der Waals surface area (Å²) in [7, 11) is 1.59. The van der Waals surface area contributed by atoms with E-state index in [0.29, 0.717) is 12.1 Å². The number of hydrogen-bond acceptors (Lipinski definition) is 5. The van der Waals surface area contributed by atoms with Gasteiger partial charge in [-0.05, 0) is 24.1 Å². The summed E-state index contributed by atoms with van der Waals surface area (Å²) in [5.41, 5.74) is 1.45. The number of hydrogen-bond donors (Lipinski definition) is 3. The van der Waals surface area contributed by atoms with E-state index in [2.05, 4.69) is 15.5 Å². The molecule has 0 aliphatic carbocycles. The molecule has 8 nitrogen and oxygen atoms in total. The van der Waals surface area contributed by atoms with Gasteiger partial charge < -0.3 is 20.3 Å². The Morgan fingerprint density at radius 3 is 2.73 bits per heavy atom. The molecule has 2 rings (SSSR count). The number of amides is 1. The van der Waals surface area contributed by atoms with Crippen LogP contribution in [-0.2, 0) is 13.0 Å². The minimum atomic E-state index is -1.13. The van der Waals surface area contributed by atoms with Crippen molar-refractivity contribution in [2.24, 2.45) is 0 Å². The molecule has 0 unspecified atom stereocenters. The van der Waals surface area contributed by atoms with Crippen molar-refractivity contribution in [3.8, 4) is 5.75 Å². The number of rotatable bonds is 7. The molecule has 0 spiro atoms. The second-order valence-electron chi connectivity index (χ2n) is 4.64. The number of ether oxygens (including phenoxy) is 1. The summed E-state index contributed by atoms with van der Waals surface area (Å²) < 4.78 is 5.09. The Kier molecular flexibility index (Phi) is 5.31. The molecular formula is C14H18N4O4. The second-order valence-corrected chi connectivity index (χ2v) is 4.64. The van der Waals surface area contributed by atoms with Gasteiger partial charge in [0.1, 0.15) is 11.4 Å². The average molecular weight is 306 g/mol. The first-order chi connectivity index (χ1) is 10.6. The second kappa shape index (κ2) is 7.41. The molecule has 0 fully saturated rings. The molecule has 1 amide bonds. The molecule has 0 bridgehead atoms. The third kappa shape index (κ3) is 4.19. The van der Waals surface area contributed by atoms with Gasteiger partial charge in [-0.3, -0.25) is 0 Å². The fourth-order valence-electron chi connectivity index (χ4n) is 2.04. The van der Waals surface area contributed by atoms with Crippen molar-refractivity contribution in [1.82, 2.24) is 20.3 Å². The average Bonchev–Trinajstić information content (AvgIpc) is 2.96. The number of carbonyl (C=O) groups is 1.